The Hall–Kier alpha value is -3.64. The highest BCUT2D eigenvalue weighted by Crippen LogP contribution is 2.21. The molecule has 7 heteroatoms. The van der Waals surface area contributed by atoms with Crippen LogP contribution in [0.2, 0.25) is 5.02 Å². The van der Waals surface area contributed by atoms with Crippen molar-refractivity contribution in [3.63, 3.8) is 0 Å². The van der Waals surface area contributed by atoms with Crippen LogP contribution in [-0.4, -0.2) is 4.98 Å². The van der Waals surface area contributed by atoms with Crippen LogP contribution in [0.3, 0.4) is 0 Å². The molecular weight excluding hydrogens is 402 g/mol. The first kappa shape index (κ1) is 19.7. The highest BCUT2D eigenvalue weighted by atomic mass is 35.5. The summed E-state index contributed by atoms with van der Waals surface area (Å²) in [5.74, 6) is 0.735. The molecule has 0 saturated carbocycles. The molecule has 4 rings (SSSR count). The number of benzene rings is 2. The van der Waals surface area contributed by atoms with E-state index in [1.165, 1.54) is 0 Å². The van der Waals surface area contributed by atoms with Gasteiger partial charge in [-0.25, -0.2) is 0 Å². The molecular formula is C23H18ClN3O3. The summed E-state index contributed by atoms with van der Waals surface area (Å²) in [5.41, 5.74) is 2.17. The highest BCUT2D eigenvalue weighted by molar-refractivity contribution is 6.30. The van der Waals surface area contributed by atoms with Crippen LogP contribution in [0.1, 0.15) is 11.1 Å². The first-order chi connectivity index (χ1) is 14.6. The van der Waals surface area contributed by atoms with Crippen molar-refractivity contribution in [3.05, 3.63) is 110 Å². The van der Waals surface area contributed by atoms with Crippen molar-refractivity contribution < 1.29 is 4.74 Å². The molecule has 2 N–H and O–H groups in total. The molecule has 0 fully saturated rings. The van der Waals surface area contributed by atoms with Crippen LogP contribution in [0.25, 0.3) is 0 Å². The summed E-state index contributed by atoms with van der Waals surface area (Å²) in [6.45, 7) is 0.815. The van der Waals surface area contributed by atoms with Crippen LogP contribution in [0, 0.1) is 0 Å². The van der Waals surface area contributed by atoms with Crippen molar-refractivity contribution in [1.82, 2.24) is 4.98 Å². The summed E-state index contributed by atoms with van der Waals surface area (Å²) in [6.07, 6.45) is 3.22. The monoisotopic (exact) mass is 419 g/mol. The molecule has 0 aliphatic carbocycles. The van der Waals surface area contributed by atoms with E-state index < -0.39 is 10.9 Å². The van der Waals surface area contributed by atoms with E-state index in [0.717, 1.165) is 16.9 Å². The fourth-order valence-electron chi connectivity index (χ4n) is 2.98. The molecule has 0 unspecified atom stereocenters. The van der Waals surface area contributed by atoms with Crippen molar-refractivity contribution in [2.24, 2.45) is 0 Å². The van der Waals surface area contributed by atoms with Gasteiger partial charge in [-0.15, -0.1) is 0 Å². The standard InChI is InChI=1S/C23H18ClN3O3/c24-17-4-6-19(7-5-17)30-14-16-3-1-2-15(12-16)13-26-20-21(23(29)22(20)28)27-18-8-10-25-11-9-18/h1-12,26H,13-14H2,(H,25,27). The molecule has 0 spiro atoms. The molecule has 4 aromatic rings. The van der Waals surface area contributed by atoms with Gasteiger partial charge in [0.05, 0.1) is 0 Å². The molecule has 0 bridgehead atoms. The smallest absolute Gasteiger partial charge is 0.253 e. The molecule has 1 aromatic heterocycles. The summed E-state index contributed by atoms with van der Waals surface area (Å²) in [4.78, 5) is 27.8. The number of ether oxygens (including phenoxy) is 1. The molecule has 6 nitrogen and oxygen atoms in total. The van der Waals surface area contributed by atoms with Gasteiger partial charge in [0, 0.05) is 29.6 Å². The SMILES string of the molecule is O=c1c(NCc2cccc(COc3ccc(Cl)cc3)c2)c(Nc2ccncc2)c1=O. The Morgan fingerprint density at radius 1 is 0.867 bits per heavy atom. The summed E-state index contributed by atoms with van der Waals surface area (Å²) in [7, 11) is 0. The van der Waals surface area contributed by atoms with Gasteiger partial charge in [0.1, 0.15) is 23.7 Å². The molecule has 0 radical (unpaired) electrons. The Morgan fingerprint density at radius 2 is 1.57 bits per heavy atom. The zero-order valence-corrected chi connectivity index (χ0v) is 16.6. The number of anilines is 3. The van der Waals surface area contributed by atoms with E-state index in [1.807, 2.05) is 36.4 Å². The van der Waals surface area contributed by atoms with Gasteiger partial charge >= 0.3 is 0 Å². The molecule has 0 atom stereocenters. The van der Waals surface area contributed by atoms with Crippen molar-refractivity contribution >= 4 is 28.7 Å². The second kappa shape index (κ2) is 8.80. The number of aromatic nitrogens is 1. The van der Waals surface area contributed by atoms with E-state index in [4.69, 9.17) is 16.3 Å². The minimum Gasteiger partial charge on any atom is -0.489 e. The van der Waals surface area contributed by atoms with Gasteiger partial charge in [0.2, 0.25) is 0 Å². The number of hydrogen-bond acceptors (Lipinski definition) is 6. The third-order valence-electron chi connectivity index (χ3n) is 4.54. The van der Waals surface area contributed by atoms with E-state index in [9.17, 15) is 9.59 Å². The van der Waals surface area contributed by atoms with Crippen LogP contribution in [0.15, 0.2) is 82.6 Å². The lowest BCUT2D eigenvalue weighted by molar-refractivity contribution is 0.306. The summed E-state index contributed by atoms with van der Waals surface area (Å²) < 4.78 is 5.77. The van der Waals surface area contributed by atoms with Crippen LogP contribution < -0.4 is 26.2 Å². The van der Waals surface area contributed by atoms with Crippen LogP contribution >= 0.6 is 11.6 Å². The van der Waals surface area contributed by atoms with Gasteiger partial charge in [0.15, 0.2) is 0 Å². The molecule has 0 aliphatic heterocycles. The Balaban J connectivity index is 1.39. The Bertz CT molecular complexity index is 1220. The van der Waals surface area contributed by atoms with Crippen molar-refractivity contribution in [1.29, 1.82) is 0 Å². The van der Waals surface area contributed by atoms with E-state index in [-0.39, 0.29) is 5.69 Å². The van der Waals surface area contributed by atoms with E-state index in [2.05, 4.69) is 15.6 Å². The second-order valence-electron chi connectivity index (χ2n) is 6.69. The zero-order chi connectivity index (χ0) is 20.9. The van der Waals surface area contributed by atoms with Crippen molar-refractivity contribution in [2.75, 3.05) is 10.6 Å². The number of rotatable bonds is 8. The molecule has 150 valence electrons. The van der Waals surface area contributed by atoms with Gasteiger partial charge in [0.25, 0.3) is 10.9 Å². The lowest BCUT2D eigenvalue weighted by Gasteiger charge is -2.15. The molecule has 0 aliphatic rings. The average Bonchev–Trinajstić information content (AvgIpc) is 2.79. The molecule has 3 aromatic carbocycles. The highest BCUT2D eigenvalue weighted by Gasteiger charge is 2.20. The number of pyridine rings is 1. The summed E-state index contributed by atoms with van der Waals surface area (Å²) in [6, 6.07) is 18.5. The Morgan fingerprint density at radius 3 is 2.33 bits per heavy atom. The Labute approximate surface area is 177 Å². The van der Waals surface area contributed by atoms with Gasteiger partial charge in [-0.3, -0.25) is 14.6 Å². The average molecular weight is 420 g/mol. The first-order valence-corrected chi connectivity index (χ1v) is 9.68. The maximum absolute atomic E-state index is 12.0. The third-order valence-corrected chi connectivity index (χ3v) is 4.79. The van der Waals surface area contributed by atoms with E-state index in [1.54, 1.807) is 36.7 Å². The molecule has 30 heavy (non-hydrogen) atoms. The normalized spacial score (nSPS) is 10.7. The minimum absolute atomic E-state index is 0.272. The van der Waals surface area contributed by atoms with E-state index in [0.29, 0.717) is 29.5 Å². The first-order valence-electron chi connectivity index (χ1n) is 9.30. The quantitative estimate of drug-likeness (QED) is 0.415. The van der Waals surface area contributed by atoms with Crippen LogP contribution in [-0.2, 0) is 13.2 Å². The third kappa shape index (κ3) is 4.50. The maximum atomic E-state index is 12.0. The lowest BCUT2D eigenvalue weighted by atomic mass is 10.1. The number of hydrogen-bond donors (Lipinski definition) is 2. The number of nitrogens with one attached hydrogen (secondary N) is 2. The maximum Gasteiger partial charge on any atom is 0.253 e. The predicted molar refractivity (Wildman–Crippen MR) is 118 cm³/mol. The van der Waals surface area contributed by atoms with Gasteiger partial charge in [-0.2, -0.15) is 0 Å². The lowest BCUT2D eigenvalue weighted by Crippen LogP contribution is -2.36. The largest absolute Gasteiger partial charge is 0.489 e. The summed E-state index contributed by atoms with van der Waals surface area (Å²) >= 11 is 5.88. The van der Waals surface area contributed by atoms with Crippen LogP contribution in [0.5, 0.6) is 5.75 Å². The van der Waals surface area contributed by atoms with Gasteiger partial charge in [-0.1, -0.05) is 35.9 Å². The predicted octanol–water partition coefficient (Wildman–Crippen LogP) is 4.27. The fourth-order valence-corrected chi connectivity index (χ4v) is 3.10. The van der Waals surface area contributed by atoms with Gasteiger partial charge < -0.3 is 15.4 Å². The van der Waals surface area contributed by atoms with Gasteiger partial charge in [-0.05, 0) is 47.5 Å². The van der Waals surface area contributed by atoms with Crippen molar-refractivity contribution in [3.8, 4) is 5.75 Å². The minimum atomic E-state index is -0.528. The fraction of sp³-hybridized carbons (Fsp3) is 0.0870. The summed E-state index contributed by atoms with van der Waals surface area (Å²) in [5, 5.41) is 6.70. The van der Waals surface area contributed by atoms with Crippen LogP contribution in [0.4, 0.5) is 17.1 Å². The second-order valence-corrected chi connectivity index (χ2v) is 7.12. The van der Waals surface area contributed by atoms with E-state index >= 15 is 0 Å². The molecule has 1 heterocycles. The number of nitrogens with zero attached hydrogens (tertiary/aromatic N) is 1. The molecule has 0 saturated heterocycles. The number of halogens is 1. The topological polar surface area (TPSA) is 80.3 Å². The Kier molecular flexibility index (Phi) is 5.77. The zero-order valence-electron chi connectivity index (χ0n) is 15.9. The van der Waals surface area contributed by atoms with Crippen molar-refractivity contribution in [2.45, 2.75) is 13.2 Å². The molecule has 0 amide bonds.